The summed E-state index contributed by atoms with van der Waals surface area (Å²) in [7, 11) is 0. The lowest BCUT2D eigenvalue weighted by Crippen LogP contribution is -2.06. The normalized spacial score (nSPS) is 11.6. The molecule has 5 heteroatoms. The first kappa shape index (κ1) is 38.3. The van der Waals surface area contributed by atoms with E-state index in [1.165, 1.54) is 55.2 Å². The zero-order valence-corrected chi connectivity index (χ0v) is 35.9. The lowest BCUT2D eigenvalue weighted by molar-refractivity contribution is 0.953. The smallest absolute Gasteiger partial charge is 0.238 e. The molecule has 5 nitrogen and oxygen atoms in total. The van der Waals surface area contributed by atoms with Crippen molar-refractivity contribution in [2.75, 3.05) is 0 Å². The number of nitrogens with zero attached hydrogens (tertiary/aromatic N) is 5. The maximum Gasteiger partial charge on any atom is 0.238 e. The third kappa shape index (κ3) is 6.86. The molecular weight excluding hydrogens is 791 g/mol. The van der Waals surface area contributed by atoms with E-state index >= 15 is 0 Å². The Bertz CT molecular complexity index is 3610. The second kappa shape index (κ2) is 16.1. The summed E-state index contributed by atoms with van der Waals surface area (Å²) in [5.41, 5.74) is 16.2. The van der Waals surface area contributed by atoms with Crippen molar-refractivity contribution in [3.8, 4) is 56.7 Å². The highest BCUT2D eigenvalue weighted by molar-refractivity contribution is 6.13. The molecule has 0 amide bonds. The molecule has 12 aromatic rings. The molecule has 0 radical (unpaired) electrons. The summed E-state index contributed by atoms with van der Waals surface area (Å²) >= 11 is 0. The number of hydrogen-bond donors (Lipinski definition) is 0. The molecule has 0 fully saturated rings. The summed E-state index contributed by atoms with van der Waals surface area (Å²) in [5, 5.41) is 4.70. The van der Waals surface area contributed by atoms with E-state index in [1.54, 1.807) is 0 Å². The van der Waals surface area contributed by atoms with E-state index in [2.05, 4.69) is 198 Å². The Balaban J connectivity index is 1.07. The van der Waals surface area contributed by atoms with Gasteiger partial charge in [0.15, 0.2) is 11.6 Å². The molecule has 0 saturated heterocycles. The number of aryl methyl sites for hydroxylation is 3. The molecule has 0 aliphatic rings. The molecule has 0 bridgehead atoms. The zero-order chi connectivity index (χ0) is 43.3. The Morgan fingerprint density at radius 3 is 1.55 bits per heavy atom. The largest absolute Gasteiger partial charge is 0.309 e. The number of benzene rings is 9. The second-order valence-corrected chi connectivity index (χ2v) is 16.8. The van der Waals surface area contributed by atoms with Gasteiger partial charge in [-0.05, 0) is 107 Å². The molecule has 0 aliphatic heterocycles. The highest BCUT2D eigenvalue weighted by Gasteiger charge is 2.21. The first-order valence-electron chi connectivity index (χ1n) is 22.3. The van der Waals surface area contributed by atoms with Gasteiger partial charge in [0.25, 0.3) is 0 Å². The van der Waals surface area contributed by atoms with Gasteiger partial charge in [0, 0.05) is 38.4 Å². The van der Waals surface area contributed by atoms with Crippen LogP contribution in [0.5, 0.6) is 0 Å². The Morgan fingerprint density at radius 1 is 0.354 bits per heavy atom. The van der Waals surface area contributed by atoms with Gasteiger partial charge in [-0.25, -0.2) is 4.98 Å². The van der Waals surface area contributed by atoms with Gasteiger partial charge in [-0.15, -0.1) is 0 Å². The number of para-hydroxylation sites is 2. The van der Waals surface area contributed by atoms with E-state index in [0.717, 1.165) is 57.0 Å². The van der Waals surface area contributed by atoms with Crippen molar-refractivity contribution in [2.45, 2.75) is 19.8 Å². The van der Waals surface area contributed by atoms with Crippen LogP contribution in [0.3, 0.4) is 0 Å². The maximum atomic E-state index is 5.24. The number of hydrogen-bond acceptors (Lipinski definition) is 3. The van der Waals surface area contributed by atoms with E-state index in [1.807, 2.05) is 36.4 Å². The molecule has 0 spiro atoms. The maximum absolute atomic E-state index is 5.24. The van der Waals surface area contributed by atoms with Crippen molar-refractivity contribution in [1.29, 1.82) is 0 Å². The molecule has 0 atom stereocenters. The van der Waals surface area contributed by atoms with Crippen molar-refractivity contribution < 1.29 is 0 Å². The van der Waals surface area contributed by atoms with Crippen molar-refractivity contribution in [3.05, 3.63) is 235 Å². The van der Waals surface area contributed by atoms with Gasteiger partial charge in [-0.1, -0.05) is 170 Å². The van der Waals surface area contributed by atoms with Gasteiger partial charge in [0.1, 0.15) is 0 Å². The minimum atomic E-state index is 0.569. The van der Waals surface area contributed by atoms with E-state index in [-0.39, 0.29) is 0 Å². The highest BCUT2D eigenvalue weighted by Crippen LogP contribution is 2.40. The third-order valence-electron chi connectivity index (χ3n) is 12.9. The minimum Gasteiger partial charge on any atom is -0.309 e. The zero-order valence-electron chi connectivity index (χ0n) is 35.9. The van der Waals surface area contributed by atoms with Gasteiger partial charge < -0.3 is 4.57 Å². The van der Waals surface area contributed by atoms with Crippen LogP contribution in [0, 0.1) is 6.92 Å². The van der Waals surface area contributed by atoms with Crippen LogP contribution in [0.1, 0.15) is 16.7 Å². The Kier molecular flexibility index (Phi) is 9.45. The number of aromatic nitrogens is 5. The second-order valence-electron chi connectivity index (χ2n) is 16.8. The predicted molar refractivity (Wildman–Crippen MR) is 269 cm³/mol. The van der Waals surface area contributed by atoms with Crippen LogP contribution in [0.15, 0.2) is 218 Å². The van der Waals surface area contributed by atoms with Crippen LogP contribution in [-0.2, 0) is 12.8 Å². The Labute approximate surface area is 377 Å². The molecule has 3 heterocycles. The Morgan fingerprint density at radius 2 is 0.877 bits per heavy atom. The monoisotopic (exact) mass is 833 g/mol. The van der Waals surface area contributed by atoms with Crippen LogP contribution in [0.4, 0.5) is 0 Å². The average Bonchev–Trinajstić information content (AvgIpc) is 3.89. The van der Waals surface area contributed by atoms with Crippen molar-refractivity contribution in [3.63, 3.8) is 0 Å². The van der Waals surface area contributed by atoms with Crippen LogP contribution in [-0.4, -0.2) is 24.1 Å². The lowest BCUT2D eigenvalue weighted by Gasteiger charge is -2.14. The molecule has 0 saturated carbocycles. The number of fused-ring (bicyclic) bond motifs is 6. The molecule has 9 aromatic carbocycles. The number of rotatable bonds is 9. The quantitative estimate of drug-likeness (QED) is 0.146. The Hall–Kier alpha value is -8.41. The van der Waals surface area contributed by atoms with Crippen LogP contribution < -0.4 is 0 Å². The lowest BCUT2D eigenvalue weighted by atomic mass is 9.90. The topological polar surface area (TPSA) is 48.5 Å². The highest BCUT2D eigenvalue weighted by atomic mass is 15.2. The molecule has 12 rings (SSSR count). The summed E-state index contributed by atoms with van der Waals surface area (Å²) in [6.07, 6.45) is 1.97. The average molecular weight is 834 g/mol. The molecule has 0 N–H and O–H groups in total. The molecule has 308 valence electrons. The molecule has 65 heavy (non-hydrogen) atoms. The molecule has 0 aliphatic carbocycles. The van der Waals surface area contributed by atoms with Gasteiger partial charge in [-0.3, -0.25) is 4.57 Å². The fraction of sp³-hybridized carbons (Fsp3) is 0.0500. The molecular formula is C60H43N5. The van der Waals surface area contributed by atoms with Crippen LogP contribution >= 0.6 is 0 Å². The van der Waals surface area contributed by atoms with E-state index < -0.39 is 0 Å². The van der Waals surface area contributed by atoms with Crippen LogP contribution in [0.25, 0.3) is 100 Å². The SMILES string of the molecule is Cc1ccc(-c2ccc3c(c2)c2cc(-n4c5ccccc5c5ccccc54)ccc2n3-c2nc(-c3ccccc3)nc(-c3ccccc3)n2)cc1-c1ccccc1CCc1ccccc1. The summed E-state index contributed by atoms with van der Waals surface area (Å²) < 4.78 is 4.61. The fourth-order valence-corrected chi connectivity index (χ4v) is 9.66. The standard InChI is InChI=1S/C60H43N5/c1-40-29-31-45(37-51(40)48-24-12-11-19-42(48)32-30-41-17-5-2-6-18-41)46-33-35-56-52(38-46)53-39-47(64-54-27-15-13-25-49(54)50-26-14-16-28-55(50)64)34-36-57(53)65(56)60-62-58(43-20-7-3-8-21-43)61-59(63-60)44-22-9-4-10-23-44/h2-29,31,33-39H,30,32H2,1H3. The summed E-state index contributed by atoms with van der Waals surface area (Å²) in [4.78, 5) is 15.5. The van der Waals surface area contributed by atoms with E-state index in [9.17, 15) is 0 Å². The van der Waals surface area contributed by atoms with E-state index in [0.29, 0.717) is 17.6 Å². The van der Waals surface area contributed by atoms with Gasteiger partial charge >= 0.3 is 0 Å². The predicted octanol–water partition coefficient (Wildman–Crippen LogP) is 14.8. The third-order valence-corrected chi connectivity index (χ3v) is 12.9. The van der Waals surface area contributed by atoms with Gasteiger partial charge in [0.05, 0.1) is 22.1 Å². The summed E-state index contributed by atoms with van der Waals surface area (Å²) in [6, 6.07) is 78.0. The first-order chi connectivity index (χ1) is 32.1. The summed E-state index contributed by atoms with van der Waals surface area (Å²) in [6.45, 7) is 2.22. The summed E-state index contributed by atoms with van der Waals surface area (Å²) in [5.74, 6) is 1.82. The first-order valence-corrected chi connectivity index (χ1v) is 22.3. The van der Waals surface area contributed by atoms with Crippen molar-refractivity contribution >= 4 is 43.6 Å². The van der Waals surface area contributed by atoms with E-state index in [4.69, 9.17) is 15.0 Å². The van der Waals surface area contributed by atoms with Crippen molar-refractivity contribution in [1.82, 2.24) is 24.1 Å². The van der Waals surface area contributed by atoms with Gasteiger partial charge in [0.2, 0.25) is 5.95 Å². The molecule has 3 aromatic heterocycles. The molecule has 0 unspecified atom stereocenters. The fourth-order valence-electron chi connectivity index (χ4n) is 9.66. The van der Waals surface area contributed by atoms with Crippen molar-refractivity contribution in [2.24, 2.45) is 0 Å². The van der Waals surface area contributed by atoms with Gasteiger partial charge in [-0.2, -0.15) is 9.97 Å². The van der Waals surface area contributed by atoms with Crippen LogP contribution in [0.2, 0.25) is 0 Å². The minimum absolute atomic E-state index is 0.569.